The minimum Gasteiger partial charge on any atom is -0.346 e. The van der Waals surface area contributed by atoms with Gasteiger partial charge in [-0.1, -0.05) is 36.8 Å². The molecule has 2 amide bonds. The molecule has 1 aromatic rings. The Morgan fingerprint density at radius 1 is 1.29 bits per heavy atom. The smallest absolute Gasteiger partial charge is 0.241 e. The van der Waals surface area contributed by atoms with E-state index in [1.807, 2.05) is 0 Å². The number of hydrogen-bond donors (Lipinski definition) is 2. The van der Waals surface area contributed by atoms with Gasteiger partial charge < -0.3 is 16.0 Å². The summed E-state index contributed by atoms with van der Waals surface area (Å²) in [5.74, 6) is -0.418. The molecule has 5 nitrogen and oxygen atoms in total. The van der Waals surface area contributed by atoms with E-state index in [4.69, 9.17) is 5.73 Å². The van der Waals surface area contributed by atoms with Gasteiger partial charge in [0, 0.05) is 13.1 Å². The third kappa shape index (κ3) is 5.55. The van der Waals surface area contributed by atoms with Crippen LogP contribution in [0.2, 0.25) is 0 Å². The molecule has 5 heteroatoms. The zero-order valence-corrected chi connectivity index (χ0v) is 13.1. The third-order valence-electron chi connectivity index (χ3n) is 3.63. The molecule has 0 aliphatic rings. The number of carbonyl (C=O) groups excluding carboxylic acids is 2. The molecule has 0 fully saturated rings. The standard InChI is InChI=1S/C16H25N3O2/c1-4-14(9-13-7-5-12(2)6-8-13)19(3)16(21)11-18-15(20)10-17/h5-8,14H,4,9-11,17H2,1-3H3,(H,18,20). The van der Waals surface area contributed by atoms with E-state index in [2.05, 4.69) is 43.4 Å². The van der Waals surface area contributed by atoms with E-state index in [1.165, 1.54) is 11.1 Å². The summed E-state index contributed by atoms with van der Waals surface area (Å²) >= 11 is 0. The van der Waals surface area contributed by atoms with Gasteiger partial charge in [0.1, 0.15) is 0 Å². The Labute approximate surface area is 126 Å². The van der Waals surface area contributed by atoms with Crippen molar-refractivity contribution in [3.05, 3.63) is 35.4 Å². The van der Waals surface area contributed by atoms with E-state index in [0.717, 1.165) is 12.8 Å². The minimum atomic E-state index is -0.316. The van der Waals surface area contributed by atoms with Gasteiger partial charge in [0.15, 0.2) is 0 Å². The van der Waals surface area contributed by atoms with Gasteiger partial charge in [0.05, 0.1) is 13.1 Å². The minimum absolute atomic E-state index is 0.00304. The van der Waals surface area contributed by atoms with Crippen LogP contribution in [0.5, 0.6) is 0 Å². The quantitative estimate of drug-likeness (QED) is 0.782. The van der Waals surface area contributed by atoms with Crippen LogP contribution in [0, 0.1) is 6.92 Å². The maximum absolute atomic E-state index is 12.1. The van der Waals surface area contributed by atoms with Crippen molar-refractivity contribution < 1.29 is 9.59 Å². The molecule has 0 spiro atoms. The molecule has 0 heterocycles. The van der Waals surface area contributed by atoms with Crippen LogP contribution in [0.1, 0.15) is 24.5 Å². The van der Waals surface area contributed by atoms with Gasteiger partial charge in [-0.05, 0) is 25.3 Å². The fourth-order valence-corrected chi connectivity index (χ4v) is 2.13. The largest absolute Gasteiger partial charge is 0.346 e. The Morgan fingerprint density at radius 2 is 1.90 bits per heavy atom. The van der Waals surface area contributed by atoms with E-state index in [0.29, 0.717) is 0 Å². The highest BCUT2D eigenvalue weighted by Gasteiger charge is 2.19. The monoisotopic (exact) mass is 291 g/mol. The summed E-state index contributed by atoms with van der Waals surface area (Å²) < 4.78 is 0. The molecular formula is C16H25N3O2. The average molecular weight is 291 g/mol. The zero-order chi connectivity index (χ0) is 15.8. The van der Waals surface area contributed by atoms with Crippen LogP contribution in [0.4, 0.5) is 0 Å². The summed E-state index contributed by atoms with van der Waals surface area (Å²) in [7, 11) is 1.78. The summed E-state index contributed by atoms with van der Waals surface area (Å²) in [5, 5.41) is 2.51. The van der Waals surface area contributed by atoms with Crippen LogP contribution in [0.25, 0.3) is 0 Å². The molecule has 1 unspecified atom stereocenters. The molecule has 0 aliphatic carbocycles. The second-order valence-electron chi connectivity index (χ2n) is 5.24. The molecular weight excluding hydrogens is 266 g/mol. The number of likely N-dealkylation sites (N-methyl/N-ethyl adjacent to an activating group) is 1. The molecule has 0 saturated carbocycles. The predicted octanol–water partition coefficient (Wildman–Crippen LogP) is 0.849. The van der Waals surface area contributed by atoms with Crippen molar-refractivity contribution in [1.82, 2.24) is 10.2 Å². The summed E-state index contributed by atoms with van der Waals surface area (Å²) in [6.45, 7) is 4.01. The Bertz CT molecular complexity index is 471. The second-order valence-corrected chi connectivity index (χ2v) is 5.24. The lowest BCUT2D eigenvalue weighted by atomic mass is 10.0. The first kappa shape index (κ1) is 17.2. The first-order valence-corrected chi connectivity index (χ1v) is 7.25. The lowest BCUT2D eigenvalue weighted by Gasteiger charge is -2.27. The lowest BCUT2D eigenvalue weighted by Crippen LogP contribution is -2.45. The number of carbonyl (C=O) groups is 2. The predicted molar refractivity (Wildman–Crippen MR) is 83.8 cm³/mol. The van der Waals surface area contributed by atoms with Crippen molar-refractivity contribution in [1.29, 1.82) is 0 Å². The van der Waals surface area contributed by atoms with Gasteiger partial charge in [-0.2, -0.15) is 0 Å². The molecule has 0 saturated heterocycles. The maximum Gasteiger partial charge on any atom is 0.241 e. The van der Waals surface area contributed by atoms with E-state index in [-0.39, 0.29) is 30.9 Å². The molecule has 21 heavy (non-hydrogen) atoms. The highest BCUT2D eigenvalue weighted by Crippen LogP contribution is 2.12. The molecule has 1 rings (SSSR count). The molecule has 0 radical (unpaired) electrons. The summed E-state index contributed by atoms with van der Waals surface area (Å²) in [6, 6.07) is 8.45. The number of nitrogens with two attached hydrogens (primary N) is 1. The van der Waals surface area contributed by atoms with Crippen molar-refractivity contribution in [3.8, 4) is 0 Å². The van der Waals surface area contributed by atoms with Crippen LogP contribution in [0.15, 0.2) is 24.3 Å². The van der Waals surface area contributed by atoms with Gasteiger partial charge in [-0.25, -0.2) is 0 Å². The molecule has 0 aromatic heterocycles. The first-order chi connectivity index (χ1) is 9.97. The Morgan fingerprint density at radius 3 is 2.43 bits per heavy atom. The SMILES string of the molecule is CCC(Cc1ccc(C)cc1)N(C)C(=O)CNC(=O)CN. The third-order valence-corrected chi connectivity index (χ3v) is 3.63. The Hall–Kier alpha value is -1.88. The Kier molecular flexibility index (Phi) is 6.88. The number of hydrogen-bond acceptors (Lipinski definition) is 3. The molecule has 116 valence electrons. The van der Waals surface area contributed by atoms with Gasteiger partial charge in [-0.3, -0.25) is 9.59 Å². The van der Waals surface area contributed by atoms with Crippen molar-refractivity contribution >= 4 is 11.8 Å². The molecule has 3 N–H and O–H groups in total. The van der Waals surface area contributed by atoms with E-state index in [9.17, 15) is 9.59 Å². The van der Waals surface area contributed by atoms with Crippen molar-refractivity contribution in [3.63, 3.8) is 0 Å². The summed E-state index contributed by atoms with van der Waals surface area (Å²) in [5.41, 5.74) is 7.63. The number of nitrogens with zero attached hydrogens (tertiary/aromatic N) is 1. The number of amides is 2. The van der Waals surface area contributed by atoms with Gasteiger partial charge >= 0.3 is 0 Å². The molecule has 0 bridgehead atoms. The zero-order valence-electron chi connectivity index (χ0n) is 13.1. The molecule has 1 atom stereocenters. The van der Waals surface area contributed by atoms with Crippen LogP contribution in [-0.4, -0.2) is 42.9 Å². The van der Waals surface area contributed by atoms with Crippen LogP contribution < -0.4 is 11.1 Å². The van der Waals surface area contributed by atoms with Crippen LogP contribution in [-0.2, 0) is 16.0 Å². The van der Waals surface area contributed by atoms with Crippen molar-refractivity contribution in [2.24, 2.45) is 5.73 Å². The van der Waals surface area contributed by atoms with Crippen LogP contribution in [0.3, 0.4) is 0 Å². The van der Waals surface area contributed by atoms with E-state index in [1.54, 1.807) is 11.9 Å². The van der Waals surface area contributed by atoms with Crippen molar-refractivity contribution in [2.45, 2.75) is 32.7 Å². The van der Waals surface area contributed by atoms with Crippen molar-refractivity contribution in [2.75, 3.05) is 20.1 Å². The lowest BCUT2D eigenvalue weighted by molar-refractivity contribution is -0.133. The average Bonchev–Trinajstić information content (AvgIpc) is 2.50. The highest BCUT2D eigenvalue weighted by atomic mass is 16.2. The van der Waals surface area contributed by atoms with Gasteiger partial charge in [-0.15, -0.1) is 0 Å². The van der Waals surface area contributed by atoms with Gasteiger partial charge in [0.25, 0.3) is 0 Å². The Balaban J connectivity index is 2.59. The summed E-state index contributed by atoms with van der Waals surface area (Å²) in [4.78, 5) is 24.9. The number of rotatable bonds is 7. The fraction of sp³-hybridized carbons (Fsp3) is 0.500. The van der Waals surface area contributed by atoms with E-state index < -0.39 is 0 Å². The fourth-order valence-electron chi connectivity index (χ4n) is 2.13. The van der Waals surface area contributed by atoms with Gasteiger partial charge in [0.2, 0.25) is 11.8 Å². The number of nitrogens with one attached hydrogen (secondary N) is 1. The van der Waals surface area contributed by atoms with E-state index >= 15 is 0 Å². The highest BCUT2D eigenvalue weighted by molar-refractivity contribution is 5.85. The maximum atomic E-state index is 12.1. The summed E-state index contributed by atoms with van der Waals surface area (Å²) in [6.07, 6.45) is 1.67. The topological polar surface area (TPSA) is 75.4 Å². The first-order valence-electron chi connectivity index (χ1n) is 7.25. The second kappa shape index (κ2) is 8.42. The number of benzene rings is 1. The molecule has 0 aliphatic heterocycles. The van der Waals surface area contributed by atoms with Crippen LogP contribution >= 0.6 is 0 Å². The normalized spacial score (nSPS) is 11.8. The number of aryl methyl sites for hydroxylation is 1. The molecule has 1 aromatic carbocycles.